The number of ether oxygens (including phenoxy) is 1. The number of amides is 2. The molecule has 8 nitrogen and oxygen atoms in total. The molecule has 0 radical (unpaired) electrons. The maximum absolute atomic E-state index is 14.0. The molecule has 2 amide bonds. The zero-order chi connectivity index (χ0) is 29.4. The number of halogens is 1. The summed E-state index contributed by atoms with van der Waals surface area (Å²) in [4.78, 5) is 28.5. The fraction of sp³-hybridized carbons (Fsp3) is 0.333. The van der Waals surface area contributed by atoms with Gasteiger partial charge in [-0.25, -0.2) is 8.42 Å². The van der Waals surface area contributed by atoms with Gasteiger partial charge >= 0.3 is 0 Å². The summed E-state index contributed by atoms with van der Waals surface area (Å²) in [6, 6.07) is 19.1. The lowest BCUT2D eigenvalue weighted by Gasteiger charge is -2.32. The molecule has 0 aliphatic rings. The van der Waals surface area contributed by atoms with Crippen molar-refractivity contribution in [2.45, 2.75) is 45.2 Å². The number of aryl methyl sites for hydroxylation is 1. The van der Waals surface area contributed by atoms with Crippen LogP contribution in [0.2, 0.25) is 5.02 Å². The molecule has 0 heterocycles. The minimum absolute atomic E-state index is 0.0212. The van der Waals surface area contributed by atoms with E-state index in [0.29, 0.717) is 12.3 Å². The fourth-order valence-electron chi connectivity index (χ4n) is 4.01. The minimum atomic E-state index is -4.19. The fourth-order valence-corrected chi connectivity index (χ4v) is 5.73. The number of rotatable bonds is 12. The van der Waals surface area contributed by atoms with Crippen molar-refractivity contribution in [1.29, 1.82) is 0 Å². The molecule has 0 unspecified atom stereocenters. The van der Waals surface area contributed by atoms with E-state index in [4.69, 9.17) is 16.3 Å². The number of carbonyl (C=O) groups excluding carboxylic acids is 2. The van der Waals surface area contributed by atoms with E-state index in [1.165, 1.54) is 17.0 Å². The van der Waals surface area contributed by atoms with Crippen molar-refractivity contribution in [3.8, 4) is 5.75 Å². The van der Waals surface area contributed by atoms with Gasteiger partial charge in [0.25, 0.3) is 10.0 Å². The summed E-state index contributed by atoms with van der Waals surface area (Å²) in [5, 5.41) is 3.04. The predicted octanol–water partition coefficient (Wildman–Crippen LogP) is 5.04. The first-order chi connectivity index (χ1) is 18.9. The van der Waals surface area contributed by atoms with Crippen LogP contribution in [-0.4, -0.2) is 51.4 Å². The zero-order valence-electron chi connectivity index (χ0n) is 23.4. The van der Waals surface area contributed by atoms with Gasteiger partial charge in [0, 0.05) is 13.1 Å². The number of hydrogen-bond donors (Lipinski definition) is 1. The third kappa shape index (κ3) is 7.76. The summed E-state index contributed by atoms with van der Waals surface area (Å²) >= 11 is 6.44. The quantitative estimate of drug-likeness (QED) is 0.321. The first-order valence-electron chi connectivity index (χ1n) is 13.0. The second-order valence-electron chi connectivity index (χ2n) is 9.96. The summed E-state index contributed by atoms with van der Waals surface area (Å²) in [6.07, 6.45) is 0. The highest BCUT2D eigenvalue weighted by Gasteiger charge is 2.33. The standard InChI is InChI=1S/C30H36ClN3O5S/c1-21(2)18-32-30(36)23(4)33(19-24-9-8-10-25(17-24)39-5)29(35)20-34(28-12-7-6-11-27(28)31)40(37,38)26-15-13-22(3)14-16-26/h6-17,21,23H,18-20H2,1-5H3,(H,32,36)/t23-/m0/s1. The van der Waals surface area contributed by atoms with Crippen molar-refractivity contribution in [2.24, 2.45) is 5.92 Å². The highest BCUT2D eigenvalue weighted by Crippen LogP contribution is 2.31. The Morgan fingerprint density at radius 1 is 0.975 bits per heavy atom. The summed E-state index contributed by atoms with van der Waals surface area (Å²) in [7, 11) is -2.65. The average Bonchev–Trinajstić information content (AvgIpc) is 2.93. The second-order valence-corrected chi connectivity index (χ2v) is 12.2. The molecule has 3 aromatic rings. The number of nitrogens with one attached hydrogen (secondary N) is 1. The van der Waals surface area contributed by atoms with Crippen LogP contribution < -0.4 is 14.4 Å². The van der Waals surface area contributed by atoms with E-state index in [1.54, 1.807) is 68.6 Å². The smallest absolute Gasteiger partial charge is 0.264 e. The second kappa shape index (κ2) is 13.7. The molecular formula is C30H36ClN3O5S. The molecule has 3 aromatic carbocycles. The van der Waals surface area contributed by atoms with E-state index in [1.807, 2.05) is 26.8 Å². The Hall–Kier alpha value is -3.56. The Morgan fingerprint density at radius 2 is 1.65 bits per heavy atom. The van der Waals surface area contributed by atoms with E-state index in [2.05, 4.69) is 5.32 Å². The molecule has 0 spiro atoms. The summed E-state index contributed by atoms with van der Waals surface area (Å²) in [6.45, 7) is 7.37. The van der Waals surface area contributed by atoms with Crippen LogP contribution >= 0.6 is 11.6 Å². The van der Waals surface area contributed by atoms with Crippen LogP contribution in [-0.2, 0) is 26.2 Å². The van der Waals surface area contributed by atoms with E-state index >= 15 is 0 Å². The lowest BCUT2D eigenvalue weighted by atomic mass is 10.1. The van der Waals surface area contributed by atoms with E-state index < -0.39 is 28.5 Å². The summed E-state index contributed by atoms with van der Waals surface area (Å²) in [5.41, 5.74) is 1.78. The number of anilines is 1. The summed E-state index contributed by atoms with van der Waals surface area (Å²) in [5.74, 6) is -0.0863. The Kier molecular flexibility index (Phi) is 10.6. The van der Waals surface area contributed by atoms with Crippen LogP contribution in [0.5, 0.6) is 5.75 Å². The van der Waals surface area contributed by atoms with Crippen LogP contribution in [0.1, 0.15) is 31.9 Å². The topological polar surface area (TPSA) is 96.0 Å². The average molecular weight is 586 g/mol. The minimum Gasteiger partial charge on any atom is -0.497 e. The van der Waals surface area contributed by atoms with Crippen molar-refractivity contribution in [3.63, 3.8) is 0 Å². The molecule has 0 fully saturated rings. The Labute approximate surface area is 241 Å². The summed E-state index contributed by atoms with van der Waals surface area (Å²) < 4.78 is 34.1. The maximum Gasteiger partial charge on any atom is 0.264 e. The molecule has 214 valence electrons. The lowest BCUT2D eigenvalue weighted by Crippen LogP contribution is -2.51. The van der Waals surface area contributed by atoms with Crippen LogP contribution in [0.25, 0.3) is 0 Å². The Balaban J connectivity index is 2.03. The van der Waals surface area contributed by atoms with Crippen molar-refractivity contribution < 1.29 is 22.7 Å². The van der Waals surface area contributed by atoms with Gasteiger partial charge < -0.3 is 15.0 Å². The van der Waals surface area contributed by atoms with E-state index in [-0.39, 0.29) is 34.0 Å². The molecule has 1 atom stereocenters. The van der Waals surface area contributed by atoms with Gasteiger partial charge in [0.1, 0.15) is 18.3 Å². The Morgan fingerprint density at radius 3 is 2.27 bits per heavy atom. The molecule has 0 bridgehead atoms. The first-order valence-corrected chi connectivity index (χ1v) is 14.8. The number of sulfonamides is 1. The van der Waals surface area contributed by atoms with Crippen molar-refractivity contribution in [2.75, 3.05) is 24.5 Å². The zero-order valence-corrected chi connectivity index (χ0v) is 25.0. The predicted molar refractivity (Wildman–Crippen MR) is 158 cm³/mol. The van der Waals surface area contributed by atoms with Gasteiger partial charge in [-0.1, -0.05) is 67.4 Å². The molecule has 0 aromatic heterocycles. The van der Waals surface area contributed by atoms with Crippen molar-refractivity contribution in [1.82, 2.24) is 10.2 Å². The third-order valence-corrected chi connectivity index (χ3v) is 8.44. The number of carbonyl (C=O) groups is 2. The number of para-hydroxylation sites is 1. The van der Waals surface area contributed by atoms with Gasteiger partial charge in [-0.3, -0.25) is 13.9 Å². The van der Waals surface area contributed by atoms with Gasteiger partial charge in [-0.15, -0.1) is 0 Å². The van der Waals surface area contributed by atoms with Gasteiger partial charge in [0.15, 0.2) is 0 Å². The number of nitrogens with zero attached hydrogens (tertiary/aromatic N) is 2. The van der Waals surface area contributed by atoms with Gasteiger partial charge in [0.05, 0.1) is 22.7 Å². The van der Waals surface area contributed by atoms with E-state index in [0.717, 1.165) is 15.4 Å². The largest absolute Gasteiger partial charge is 0.497 e. The number of methoxy groups -OCH3 is 1. The molecule has 10 heteroatoms. The Bertz CT molecular complexity index is 1430. The molecular weight excluding hydrogens is 550 g/mol. The van der Waals surface area contributed by atoms with Crippen LogP contribution in [0.3, 0.4) is 0 Å². The molecule has 0 aliphatic heterocycles. The first kappa shape index (κ1) is 31.0. The van der Waals surface area contributed by atoms with Crippen molar-refractivity contribution >= 4 is 39.1 Å². The van der Waals surface area contributed by atoms with Crippen LogP contribution in [0, 0.1) is 12.8 Å². The monoisotopic (exact) mass is 585 g/mol. The normalized spacial score (nSPS) is 12.1. The van der Waals surface area contributed by atoms with Gasteiger partial charge in [-0.2, -0.15) is 0 Å². The molecule has 1 N–H and O–H groups in total. The third-order valence-electron chi connectivity index (χ3n) is 6.35. The van der Waals surface area contributed by atoms with Crippen LogP contribution in [0.4, 0.5) is 5.69 Å². The lowest BCUT2D eigenvalue weighted by molar-refractivity contribution is -0.139. The highest BCUT2D eigenvalue weighted by molar-refractivity contribution is 7.92. The molecule has 40 heavy (non-hydrogen) atoms. The maximum atomic E-state index is 14.0. The molecule has 0 saturated carbocycles. The highest BCUT2D eigenvalue weighted by atomic mass is 35.5. The number of hydrogen-bond acceptors (Lipinski definition) is 5. The number of benzene rings is 3. The molecule has 3 rings (SSSR count). The molecule has 0 saturated heterocycles. The SMILES string of the molecule is COc1cccc(CN(C(=O)CN(c2ccccc2Cl)S(=O)(=O)c2ccc(C)cc2)[C@@H](C)C(=O)NCC(C)C)c1. The van der Waals surface area contributed by atoms with Crippen molar-refractivity contribution in [3.05, 3.63) is 88.9 Å². The van der Waals surface area contributed by atoms with E-state index in [9.17, 15) is 18.0 Å². The van der Waals surface area contributed by atoms with Gasteiger partial charge in [-0.05, 0) is 61.7 Å². The van der Waals surface area contributed by atoms with Gasteiger partial charge in [0.2, 0.25) is 11.8 Å². The van der Waals surface area contributed by atoms with Crippen LogP contribution in [0.15, 0.2) is 77.7 Å². The molecule has 0 aliphatic carbocycles.